The highest BCUT2D eigenvalue weighted by Crippen LogP contribution is 2.34. The maximum atomic E-state index is 13.6. The van der Waals surface area contributed by atoms with Gasteiger partial charge in [0.2, 0.25) is 11.8 Å². The second-order valence-electron chi connectivity index (χ2n) is 7.39. The molecule has 0 aliphatic carbocycles. The van der Waals surface area contributed by atoms with Gasteiger partial charge in [-0.25, -0.2) is 9.97 Å². The predicted octanol–water partition coefficient (Wildman–Crippen LogP) is 3.80. The molecule has 0 radical (unpaired) electrons. The van der Waals surface area contributed by atoms with Crippen LogP contribution in [-0.4, -0.2) is 34.6 Å². The number of aromatic nitrogens is 2. The molecule has 1 aliphatic heterocycles. The summed E-state index contributed by atoms with van der Waals surface area (Å²) in [6.07, 6.45) is 3.52. The number of carbonyl (C=O) groups is 1. The first-order valence-corrected chi connectivity index (χ1v) is 9.80. The van der Waals surface area contributed by atoms with Crippen LogP contribution in [0.2, 0.25) is 0 Å². The van der Waals surface area contributed by atoms with Crippen LogP contribution in [0.25, 0.3) is 11.1 Å². The fraction of sp³-hybridized carbons (Fsp3) is 0.261. The van der Waals surface area contributed by atoms with Crippen LogP contribution in [-0.2, 0) is 6.42 Å². The number of hydrogen-bond acceptors (Lipinski definition) is 5. The maximum Gasteiger partial charge on any atom is 0.253 e. The van der Waals surface area contributed by atoms with Crippen LogP contribution in [0.3, 0.4) is 0 Å². The van der Waals surface area contributed by atoms with Gasteiger partial charge < -0.3 is 14.8 Å². The minimum Gasteiger partial charge on any atom is -0.491 e. The van der Waals surface area contributed by atoms with Gasteiger partial charge in [-0.3, -0.25) is 4.79 Å². The Labute approximate surface area is 174 Å². The standard InChI is InChI=1S/C23H22FN3O3/c1-14(2)30-22-7-6-16(12-26-22)23(28)27-17-11-19-18(4-3-5-20(19)29-13-17)15-8-9-25-21(24)10-15/h3-10,12,14,17H,11,13H2,1-2H3,(H,27,28)/t17-/m0/s1. The third kappa shape index (κ3) is 4.40. The molecule has 0 bridgehead atoms. The van der Waals surface area contributed by atoms with Crippen molar-refractivity contribution in [2.24, 2.45) is 0 Å². The first-order valence-electron chi connectivity index (χ1n) is 9.80. The average Bonchev–Trinajstić information content (AvgIpc) is 2.73. The van der Waals surface area contributed by atoms with Crippen LogP contribution in [0.5, 0.6) is 11.6 Å². The summed E-state index contributed by atoms with van der Waals surface area (Å²) in [5.41, 5.74) is 2.96. The molecule has 1 atom stereocenters. The molecular weight excluding hydrogens is 385 g/mol. The smallest absolute Gasteiger partial charge is 0.253 e. The first kappa shape index (κ1) is 19.8. The van der Waals surface area contributed by atoms with Crippen molar-refractivity contribution in [3.63, 3.8) is 0 Å². The minimum absolute atomic E-state index is 0.0136. The van der Waals surface area contributed by atoms with Crippen molar-refractivity contribution in [1.82, 2.24) is 15.3 Å². The zero-order chi connectivity index (χ0) is 21.1. The largest absolute Gasteiger partial charge is 0.491 e. The molecule has 0 fully saturated rings. The molecule has 3 aromatic rings. The van der Waals surface area contributed by atoms with Crippen LogP contribution >= 0.6 is 0 Å². The number of benzene rings is 1. The lowest BCUT2D eigenvalue weighted by molar-refractivity contribution is 0.0915. The summed E-state index contributed by atoms with van der Waals surface area (Å²) in [7, 11) is 0. The van der Waals surface area contributed by atoms with Gasteiger partial charge in [0.1, 0.15) is 12.4 Å². The van der Waals surface area contributed by atoms with Gasteiger partial charge in [0.15, 0.2) is 0 Å². The quantitative estimate of drug-likeness (QED) is 0.651. The van der Waals surface area contributed by atoms with Crippen molar-refractivity contribution >= 4 is 5.91 Å². The highest BCUT2D eigenvalue weighted by molar-refractivity contribution is 5.94. The van der Waals surface area contributed by atoms with Gasteiger partial charge in [-0.05, 0) is 43.2 Å². The van der Waals surface area contributed by atoms with Crippen molar-refractivity contribution in [1.29, 1.82) is 0 Å². The average molecular weight is 407 g/mol. The van der Waals surface area contributed by atoms with Crippen molar-refractivity contribution in [3.05, 3.63) is 71.9 Å². The van der Waals surface area contributed by atoms with Crippen molar-refractivity contribution in [3.8, 4) is 22.8 Å². The molecule has 1 aromatic carbocycles. The fourth-order valence-corrected chi connectivity index (χ4v) is 3.43. The van der Waals surface area contributed by atoms with Crippen molar-refractivity contribution in [2.75, 3.05) is 6.61 Å². The number of nitrogens with one attached hydrogen (secondary N) is 1. The highest BCUT2D eigenvalue weighted by atomic mass is 19.1. The second-order valence-corrected chi connectivity index (χ2v) is 7.39. The predicted molar refractivity (Wildman–Crippen MR) is 110 cm³/mol. The Balaban J connectivity index is 1.50. The first-order chi connectivity index (χ1) is 14.5. The minimum atomic E-state index is -0.538. The molecule has 0 saturated carbocycles. The van der Waals surface area contributed by atoms with E-state index in [9.17, 15) is 9.18 Å². The van der Waals surface area contributed by atoms with E-state index in [1.807, 2.05) is 32.0 Å². The third-order valence-corrected chi connectivity index (χ3v) is 4.75. The molecule has 1 N–H and O–H groups in total. The molecule has 2 aromatic heterocycles. The summed E-state index contributed by atoms with van der Waals surface area (Å²) in [5.74, 6) is 0.449. The summed E-state index contributed by atoms with van der Waals surface area (Å²) in [6, 6.07) is 12.0. The zero-order valence-corrected chi connectivity index (χ0v) is 16.8. The monoisotopic (exact) mass is 407 g/mol. The number of ether oxygens (including phenoxy) is 2. The second kappa shape index (κ2) is 8.49. The van der Waals surface area contributed by atoms with E-state index in [0.29, 0.717) is 24.5 Å². The Morgan fingerprint density at radius 1 is 1.23 bits per heavy atom. The van der Waals surface area contributed by atoms with Crippen LogP contribution in [0.15, 0.2) is 54.9 Å². The number of rotatable bonds is 5. The Morgan fingerprint density at radius 2 is 2.10 bits per heavy atom. The Morgan fingerprint density at radius 3 is 2.83 bits per heavy atom. The van der Waals surface area contributed by atoms with Crippen LogP contribution < -0.4 is 14.8 Å². The van der Waals surface area contributed by atoms with E-state index in [1.165, 1.54) is 18.5 Å². The summed E-state index contributed by atoms with van der Waals surface area (Å²) in [6.45, 7) is 4.19. The van der Waals surface area contributed by atoms with Gasteiger partial charge in [0.25, 0.3) is 5.91 Å². The maximum absolute atomic E-state index is 13.6. The van der Waals surface area contributed by atoms with E-state index in [-0.39, 0.29) is 18.1 Å². The number of pyridine rings is 2. The number of carbonyl (C=O) groups excluding carboxylic acids is 1. The van der Waals surface area contributed by atoms with Crippen molar-refractivity contribution in [2.45, 2.75) is 32.4 Å². The molecule has 3 heterocycles. The molecule has 0 saturated heterocycles. The zero-order valence-electron chi connectivity index (χ0n) is 16.8. The normalized spacial score (nSPS) is 15.3. The number of halogens is 1. The lowest BCUT2D eigenvalue weighted by atomic mass is 9.93. The van der Waals surface area contributed by atoms with Crippen molar-refractivity contribution < 1.29 is 18.7 Å². The number of fused-ring (bicyclic) bond motifs is 1. The Hall–Kier alpha value is -3.48. The number of amides is 1. The lowest BCUT2D eigenvalue weighted by Gasteiger charge is -2.28. The van der Waals surface area contributed by atoms with Crippen LogP contribution in [0, 0.1) is 5.95 Å². The van der Waals surface area contributed by atoms with E-state index in [1.54, 1.807) is 18.2 Å². The molecule has 6 nitrogen and oxygen atoms in total. The van der Waals surface area contributed by atoms with Crippen LogP contribution in [0.1, 0.15) is 29.8 Å². The SMILES string of the molecule is CC(C)Oc1ccc(C(=O)N[C@@H]2COc3cccc(-c4ccnc(F)c4)c3C2)cn1. The highest BCUT2D eigenvalue weighted by Gasteiger charge is 2.24. The number of hydrogen-bond donors (Lipinski definition) is 1. The van der Waals surface area contributed by atoms with Gasteiger partial charge in [-0.1, -0.05) is 12.1 Å². The Kier molecular flexibility index (Phi) is 5.61. The Bertz CT molecular complexity index is 1050. The van der Waals surface area contributed by atoms with Gasteiger partial charge in [0.05, 0.1) is 17.7 Å². The molecule has 0 spiro atoms. The third-order valence-electron chi connectivity index (χ3n) is 4.75. The summed E-state index contributed by atoms with van der Waals surface area (Å²) < 4.78 is 25.0. The summed E-state index contributed by atoms with van der Waals surface area (Å²) in [5, 5.41) is 3.00. The molecule has 7 heteroatoms. The topological polar surface area (TPSA) is 73.3 Å². The van der Waals surface area contributed by atoms with Crippen LogP contribution in [0.4, 0.5) is 4.39 Å². The fourth-order valence-electron chi connectivity index (χ4n) is 3.43. The molecular formula is C23H22FN3O3. The molecule has 0 unspecified atom stereocenters. The number of nitrogens with zero attached hydrogens (tertiary/aromatic N) is 2. The van der Waals surface area contributed by atoms with Gasteiger partial charge in [-0.15, -0.1) is 0 Å². The molecule has 154 valence electrons. The summed E-state index contributed by atoms with van der Waals surface area (Å²) >= 11 is 0. The van der Waals surface area contributed by atoms with E-state index < -0.39 is 5.95 Å². The molecule has 1 aliphatic rings. The van der Waals surface area contributed by atoms with E-state index in [4.69, 9.17) is 9.47 Å². The lowest BCUT2D eigenvalue weighted by Crippen LogP contribution is -2.42. The molecule has 1 amide bonds. The molecule has 4 rings (SSSR count). The van der Waals surface area contributed by atoms with Gasteiger partial charge in [-0.2, -0.15) is 4.39 Å². The summed E-state index contributed by atoms with van der Waals surface area (Å²) in [4.78, 5) is 20.4. The molecule has 30 heavy (non-hydrogen) atoms. The van der Waals surface area contributed by atoms with E-state index in [0.717, 1.165) is 22.4 Å². The van der Waals surface area contributed by atoms with Gasteiger partial charge in [0, 0.05) is 36.5 Å². The van der Waals surface area contributed by atoms with E-state index in [2.05, 4.69) is 15.3 Å². The van der Waals surface area contributed by atoms with Gasteiger partial charge >= 0.3 is 0 Å². The van der Waals surface area contributed by atoms with E-state index >= 15 is 0 Å².